The lowest BCUT2D eigenvalue weighted by Gasteiger charge is -2.12. The third-order valence-electron chi connectivity index (χ3n) is 3.91. The SMILES string of the molecule is COc1cc(COC(=O)c2ccc(Cn3cccn3)cc2)ccc1OC(F)F. The zero-order valence-electron chi connectivity index (χ0n) is 15.0. The van der Waals surface area contributed by atoms with Crippen LogP contribution in [0.5, 0.6) is 11.5 Å². The van der Waals surface area contributed by atoms with E-state index in [1.807, 2.05) is 24.4 Å². The van der Waals surface area contributed by atoms with Gasteiger partial charge in [-0.15, -0.1) is 0 Å². The van der Waals surface area contributed by atoms with Crippen molar-refractivity contribution in [2.45, 2.75) is 19.8 Å². The number of ether oxygens (including phenoxy) is 3. The topological polar surface area (TPSA) is 62.6 Å². The Hall–Kier alpha value is -3.42. The van der Waals surface area contributed by atoms with Crippen LogP contribution in [0.1, 0.15) is 21.5 Å². The molecule has 0 aliphatic carbocycles. The standard InChI is InChI=1S/C20H18F2N2O4/c1-26-18-11-15(5-8-17(18)28-20(21)22)13-27-19(25)16-6-3-14(4-7-16)12-24-10-2-9-23-24/h2-11,20H,12-13H2,1H3. The molecule has 0 radical (unpaired) electrons. The Morgan fingerprint density at radius 2 is 1.86 bits per heavy atom. The van der Waals surface area contributed by atoms with Gasteiger partial charge in [-0.2, -0.15) is 13.9 Å². The summed E-state index contributed by atoms with van der Waals surface area (Å²) in [6.45, 7) is -2.37. The molecule has 6 nitrogen and oxygen atoms in total. The first kappa shape index (κ1) is 19.3. The van der Waals surface area contributed by atoms with E-state index in [9.17, 15) is 13.6 Å². The van der Waals surface area contributed by atoms with Crippen LogP contribution >= 0.6 is 0 Å². The predicted octanol–water partition coefficient (Wildman–Crippen LogP) is 3.90. The van der Waals surface area contributed by atoms with E-state index < -0.39 is 12.6 Å². The zero-order chi connectivity index (χ0) is 19.9. The fourth-order valence-electron chi connectivity index (χ4n) is 2.55. The van der Waals surface area contributed by atoms with Crippen molar-refractivity contribution in [3.05, 3.63) is 77.6 Å². The summed E-state index contributed by atoms with van der Waals surface area (Å²) in [7, 11) is 1.34. The van der Waals surface area contributed by atoms with Gasteiger partial charge in [0.25, 0.3) is 0 Å². The first-order valence-corrected chi connectivity index (χ1v) is 8.40. The number of rotatable bonds is 8. The normalized spacial score (nSPS) is 10.7. The minimum Gasteiger partial charge on any atom is -0.493 e. The predicted molar refractivity (Wildman–Crippen MR) is 96.5 cm³/mol. The number of hydrogen-bond acceptors (Lipinski definition) is 5. The summed E-state index contributed by atoms with van der Waals surface area (Å²) in [6, 6.07) is 13.2. The van der Waals surface area contributed by atoms with E-state index >= 15 is 0 Å². The van der Waals surface area contributed by atoms with Gasteiger partial charge < -0.3 is 14.2 Å². The van der Waals surface area contributed by atoms with Crippen LogP contribution < -0.4 is 9.47 Å². The number of nitrogens with zero attached hydrogens (tertiary/aromatic N) is 2. The van der Waals surface area contributed by atoms with Gasteiger partial charge in [0.2, 0.25) is 0 Å². The van der Waals surface area contributed by atoms with Crippen LogP contribution in [0, 0.1) is 0 Å². The highest BCUT2D eigenvalue weighted by Crippen LogP contribution is 2.29. The van der Waals surface area contributed by atoms with Crippen LogP contribution in [0.15, 0.2) is 60.9 Å². The highest BCUT2D eigenvalue weighted by molar-refractivity contribution is 5.89. The molecule has 0 spiro atoms. The number of carbonyl (C=O) groups is 1. The van der Waals surface area contributed by atoms with Gasteiger partial charge in [0.05, 0.1) is 19.2 Å². The number of aromatic nitrogens is 2. The van der Waals surface area contributed by atoms with Gasteiger partial charge in [-0.3, -0.25) is 4.68 Å². The van der Waals surface area contributed by atoms with Crippen molar-refractivity contribution in [1.29, 1.82) is 0 Å². The molecule has 0 aliphatic heterocycles. The second-order valence-corrected chi connectivity index (χ2v) is 5.84. The molecule has 0 amide bonds. The summed E-state index contributed by atoms with van der Waals surface area (Å²) < 4.78 is 41.2. The second kappa shape index (κ2) is 8.98. The monoisotopic (exact) mass is 388 g/mol. The van der Waals surface area contributed by atoms with Crippen LogP contribution in [0.4, 0.5) is 8.78 Å². The maximum atomic E-state index is 12.4. The summed E-state index contributed by atoms with van der Waals surface area (Å²) >= 11 is 0. The number of methoxy groups -OCH3 is 1. The van der Waals surface area contributed by atoms with Crippen molar-refractivity contribution >= 4 is 5.97 Å². The molecule has 146 valence electrons. The van der Waals surface area contributed by atoms with Crippen LogP contribution in [0.2, 0.25) is 0 Å². The fraction of sp³-hybridized carbons (Fsp3) is 0.200. The molecule has 0 saturated heterocycles. The van der Waals surface area contributed by atoms with E-state index in [-0.39, 0.29) is 18.1 Å². The van der Waals surface area contributed by atoms with E-state index in [0.717, 1.165) is 5.56 Å². The Bertz CT molecular complexity index is 912. The molecule has 0 unspecified atom stereocenters. The molecule has 28 heavy (non-hydrogen) atoms. The molecule has 3 aromatic rings. The first-order chi connectivity index (χ1) is 13.5. The second-order valence-electron chi connectivity index (χ2n) is 5.84. The third kappa shape index (κ3) is 5.06. The van der Waals surface area contributed by atoms with Crippen LogP contribution in [0.3, 0.4) is 0 Å². The molecule has 2 aromatic carbocycles. The minimum absolute atomic E-state index is 0.0286. The number of carbonyl (C=O) groups excluding carboxylic acids is 1. The summed E-state index contributed by atoms with van der Waals surface area (Å²) in [5.74, 6) is -0.435. The summed E-state index contributed by atoms with van der Waals surface area (Å²) in [5, 5.41) is 4.13. The van der Waals surface area contributed by atoms with Crippen molar-refractivity contribution in [3.63, 3.8) is 0 Å². The Kier molecular flexibility index (Phi) is 6.21. The van der Waals surface area contributed by atoms with Gasteiger partial charge in [0.15, 0.2) is 11.5 Å². The maximum Gasteiger partial charge on any atom is 0.387 e. The molecule has 1 heterocycles. The molecule has 3 rings (SSSR count). The lowest BCUT2D eigenvalue weighted by molar-refractivity contribution is -0.0512. The molecular formula is C20H18F2N2O4. The van der Waals surface area contributed by atoms with Crippen molar-refractivity contribution < 1.29 is 27.8 Å². The smallest absolute Gasteiger partial charge is 0.387 e. The Labute approximate surface area is 160 Å². The molecule has 0 atom stereocenters. The molecule has 0 bridgehead atoms. The van der Waals surface area contributed by atoms with Gasteiger partial charge in [0, 0.05) is 12.4 Å². The summed E-state index contributed by atoms with van der Waals surface area (Å²) in [6.07, 6.45) is 3.56. The van der Waals surface area contributed by atoms with Crippen molar-refractivity contribution in [2.24, 2.45) is 0 Å². The lowest BCUT2D eigenvalue weighted by Crippen LogP contribution is -2.07. The van der Waals surface area contributed by atoms with E-state index in [1.165, 1.54) is 25.3 Å². The average Bonchev–Trinajstić information content (AvgIpc) is 3.20. The Balaban J connectivity index is 1.59. The molecule has 8 heteroatoms. The minimum atomic E-state index is -2.95. The van der Waals surface area contributed by atoms with Crippen molar-refractivity contribution in [3.8, 4) is 11.5 Å². The van der Waals surface area contributed by atoms with Crippen LogP contribution in [0.25, 0.3) is 0 Å². The van der Waals surface area contributed by atoms with Crippen LogP contribution in [-0.4, -0.2) is 29.5 Å². The van der Waals surface area contributed by atoms with Gasteiger partial charge in [0.1, 0.15) is 6.61 Å². The van der Waals surface area contributed by atoms with E-state index in [2.05, 4.69) is 9.84 Å². The molecule has 0 aliphatic rings. The first-order valence-electron chi connectivity index (χ1n) is 8.40. The van der Waals surface area contributed by atoms with E-state index in [4.69, 9.17) is 9.47 Å². The number of alkyl halides is 2. The average molecular weight is 388 g/mol. The highest BCUT2D eigenvalue weighted by atomic mass is 19.3. The van der Waals surface area contributed by atoms with Crippen molar-refractivity contribution in [1.82, 2.24) is 9.78 Å². The lowest BCUT2D eigenvalue weighted by atomic mass is 10.1. The number of benzene rings is 2. The Morgan fingerprint density at radius 1 is 1.11 bits per heavy atom. The van der Waals surface area contributed by atoms with Gasteiger partial charge in [-0.25, -0.2) is 4.79 Å². The van der Waals surface area contributed by atoms with Gasteiger partial charge >= 0.3 is 12.6 Å². The zero-order valence-corrected chi connectivity index (χ0v) is 15.0. The van der Waals surface area contributed by atoms with E-state index in [1.54, 1.807) is 23.0 Å². The van der Waals surface area contributed by atoms with Gasteiger partial charge in [-0.05, 0) is 41.5 Å². The maximum absolute atomic E-state index is 12.4. The number of hydrogen-bond donors (Lipinski definition) is 0. The number of halogens is 2. The fourth-order valence-corrected chi connectivity index (χ4v) is 2.55. The van der Waals surface area contributed by atoms with Gasteiger partial charge in [-0.1, -0.05) is 18.2 Å². The number of esters is 1. The third-order valence-corrected chi connectivity index (χ3v) is 3.91. The highest BCUT2D eigenvalue weighted by Gasteiger charge is 2.13. The molecule has 0 saturated carbocycles. The van der Waals surface area contributed by atoms with E-state index in [0.29, 0.717) is 17.7 Å². The molecule has 0 N–H and O–H groups in total. The molecule has 0 fully saturated rings. The quantitative estimate of drug-likeness (QED) is 0.548. The molecular weight excluding hydrogens is 370 g/mol. The molecule has 1 aromatic heterocycles. The van der Waals surface area contributed by atoms with Crippen molar-refractivity contribution in [2.75, 3.05) is 7.11 Å². The van der Waals surface area contributed by atoms with Crippen LogP contribution in [-0.2, 0) is 17.9 Å². The summed E-state index contributed by atoms with van der Waals surface area (Å²) in [4.78, 5) is 12.2. The largest absolute Gasteiger partial charge is 0.493 e. The summed E-state index contributed by atoms with van der Waals surface area (Å²) in [5.41, 5.74) is 2.00. The Morgan fingerprint density at radius 3 is 2.50 bits per heavy atom.